The van der Waals surface area contributed by atoms with Crippen molar-refractivity contribution in [3.8, 4) is 0 Å². The maximum atomic E-state index is 10.2. The molecule has 0 atom stereocenters. The third-order valence-electron chi connectivity index (χ3n) is 1.03. The van der Waals surface area contributed by atoms with Gasteiger partial charge in [0.15, 0.2) is 0 Å². The summed E-state index contributed by atoms with van der Waals surface area (Å²) in [6, 6.07) is 0. The molecule has 1 aliphatic heterocycles. The van der Waals surface area contributed by atoms with Crippen LogP contribution >= 0.6 is 0 Å². The molecule has 62 valence electrons. The van der Waals surface area contributed by atoms with E-state index in [4.69, 9.17) is 10.0 Å². The zero-order valence-electron chi connectivity index (χ0n) is 5.69. The lowest BCUT2D eigenvalue weighted by Crippen LogP contribution is -2.24. The van der Waals surface area contributed by atoms with Gasteiger partial charge in [-0.1, -0.05) is 0 Å². The molecule has 0 aromatic heterocycles. The molecule has 3 amide bonds. The molecule has 0 spiro atoms. The largest absolute Gasteiger partial charge is 0.372 e. The molecule has 1 rings (SSSR count). The third-order valence-corrected chi connectivity index (χ3v) is 1.03. The number of hydroxylamine groups is 2. The number of hydrogen-bond donors (Lipinski definition) is 2. The fourth-order valence-corrected chi connectivity index (χ4v) is 0.565. The molecule has 1 fully saturated rings. The number of nitrogens with zero attached hydrogens (tertiary/aromatic N) is 1. The normalized spacial score (nSPS) is 15.9. The van der Waals surface area contributed by atoms with Crippen molar-refractivity contribution in [2.45, 2.75) is 12.8 Å². The predicted molar refractivity (Wildman–Crippen MR) is 33.1 cm³/mol. The molecule has 11 heavy (non-hydrogen) atoms. The second-order valence-electron chi connectivity index (χ2n) is 1.74. The van der Waals surface area contributed by atoms with E-state index in [1.807, 2.05) is 0 Å². The number of rotatable bonds is 0. The summed E-state index contributed by atoms with van der Waals surface area (Å²) in [5.41, 5.74) is 4.17. The van der Waals surface area contributed by atoms with E-state index in [0.717, 1.165) is 0 Å². The summed E-state index contributed by atoms with van der Waals surface area (Å²) >= 11 is 0. The number of nitrogens with two attached hydrogens (primary N) is 1. The molecule has 0 aromatic rings. The Morgan fingerprint density at radius 3 is 1.73 bits per heavy atom. The van der Waals surface area contributed by atoms with Gasteiger partial charge in [0.05, 0.1) is 0 Å². The van der Waals surface area contributed by atoms with Gasteiger partial charge in [-0.25, -0.2) is 0 Å². The SMILES string of the molecule is NC=O.O=C1CCC(=O)N1O. The van der Waals surface area contributed by atoms with Crippen molar-refractivity contribution in [3.05, 3.63) is 0 Å². The molecule has 6 heteroatoms. The molecule has 1 saturated heterocycles. The van der Waals surface area contributed by atoms with E-state index in [1.165, 1.54) is 0 Å². The summed E-state index contributed by atoms with van der Waals surface area (Å²) in [5.74, 6) is -1.01. The second kappa shape index (κ2) is 4.40. The van der Waals surface area contributed by atoms with Crippen molar-refractivity contribution in [3.63, 3.8) is 0 Å². The lowest BCUT2D eigenvalue weighted by Gasteiger charge is -1.98. The van der Waals surface area contributed by atoms with Gasteiger partial charge in [-0.15, -0.1) is 0 Å². The first-order valence-corrected chi connectivity index (χ1v) is 2.83. The number of hydrogen-bond acceptors (Lipinski definition) is 4. The molecule has 6 nitrogen and oxygen atoms in total. The Morgan fingerprint density at radius 1 is 1.36 bits per heavy atom. The van der Waals surface area contributed by atoms with Crippen LogP contribution in [0.3, 0.4) is 0 Å². The van der Waals surface area contributed by atoms with E-state index >= 15 is 0 Å². The molecule has 1 heterocycles. The van der Waals surface area contributed by atoms with Crippen LogP contribution in [-0.2, 0) is 14.4 Å². The van der Waals surface area contributed by atoms with Crippen molar-refractivity contribution in [1.29, 1.82) is 0 Å². The number of carbonyl (C=O) groups excluding carboxylic acids is 3. The van der Waals surface area contributed by atoms with Gasteiger partial charge in [0.2, 0.25) is 6.41 Å². The molecule has 3 N–H and O–H groups in total. The van der Waals surface area contributed by atoms with Gasteiger partial charge < -0.3 is 5.73 Å². The van der Waals surface area contributed by atoms with Crippen LogP contribution in [0.4, 0.5) is 0 Å². The van der Waals surface area contributed by atoms with Crippen molar-refractivity contribution in [2.75, 3.05) is 0 Å². The molecule has 0 bridgehead atoms. The van der Waals surface area contributed by atoms with Crippen LogP contribution in [0, 0.1) is 0 Å². The Kier molecular flexibility index (Phi) is 3.82. The summed E-state index contributed by atoms with van der Waals surface area (Å²) in [6.07, 6.45) is 0.546. The summed E-state index contributed by atoms with van der Waals surface area (Å²) in [7, 11) is 0. The predicted octanol–water partition coefficient (Wildman–Crippen LogP) is -1.37. The van der Waals surface area contributed by atoms with Crippen molar-refractivity contribution >= 4 is 18.2 Å². The number of carbonyl (C=O) groups is 3. The molecular formula is C5H8N2O4. The molecule has 0 aromatic carbocycles. The van der Waals surface area contributed by atoms with E-state index in [9.17, 15) is 9.59 Å². The first kappa shape index (κ1) is 9.57. The van der Waals surface area contributed by atoms with E-state index < -0.39 is 11.8 Å². The quantitative estimate of drug-likeness (QED) is 0.259. The van der Waals surface area contributed by atoms with Crippen LogP contribution in [0.15, 0.2) is 0 Å². The van der Waals surface area contributed by atoms with Gasteiger partial charge in [0.1, 0.15) is 0 Å². The maximum absolute atomic E-state index is 10.2. The minimum absolute atomic E-state index is 0.148. The maximum Gasteiger partial charge on any atom is 0.253 e. The van der Waals surface area contributed by atoms with E-state index in [1.54, 1.807) is 0 Å². The number of amides is 3. The van der Waals surface area contributed by atoms with E-state index in [0.29, 0.717) is 0 Å². The fourth-order valence-electron chi connectivity index (χ4n) is 0.565. The molecule has 0 aliphatic carbocycles. The monoisotopic (exact) mass is 160 g/mol. The average molecular weight is 160 g/mol. The van der Waals surface area contributed by atoms with Crippen LogP contribution in [-0.4, -0.2) is 28.5 Å². The average Bonchev–Trinajstić information content (AvgIpc) is 2.22. The fraction of sp³-hybridized carbons (Fsp3) is 0.400. The minimum atomic E-state index is -0.505. The lowest BCUT2D eigenvalue weighted by atomic mass is 10.4. The topological polar surface area (TPSA) is 101 Å². The zero-order chi connectivity index (χ0) is 8.85. The van der Waals surface area contributed by atoms with Crippen LogP contribution in [0.2, 0.25) is 0 Å². The summed E-state index contributed by atoms with van der Waals surface area (Å²) in [4.78, 5) is 29.1. The van der Waals surface area contributed by atoms with Crippen LogP contribution < -0.4 is 5.73 Å². The Morgan fingerprint density at radius 2 is 1.64 bits per heavy atom. The van der Waals surface area contributed by atoms with Crippen LogP contribution in [0.5, 0.6) is 0 Å². The van der Waals surface area contributed by atoms with Gasteiger partial charge >= 0.3 is 0 Å². The minimum Gasteiger partial charge on any atom is -0.372 e. The third kappa shape index (κ3) is 2.76. The highest BCUT2D eigenvalue weighted by Crippen LogP contribution is 2.06. The smallest absolute Gasteiger partial charge is 0.253 e. The van der Waals surface area contributed by atoms with Crippen molar-refractivity contribution in [1.82, 2.24) is 5.06 Å². The summed E-state index contributed by atoms with van der Waals surface area (Å²) < 4.78 is 0. The summed E-state index contributed by atoms with van der Waals surface area (Å²) in [6.45, 7) is 0. The Labute approximate surface area is 62.5 Å². The Bertz CT molecular complexity index is 163. The van der Waals surface area contributed by atoms with Crippen LogP contribution in [0.25, 0.3) is 0 Å². The van der Waals surface area contributed by atoms with E-state index in [2.05, 4.69) is 5.73 Å². The van der Waals surface area contributed by atoms with Gasteiger partial charge in [0, 0.05) is 12.8 Å². The van der Waals surface area contributed by atoms with Gasteiger partial charge in [-0.05, 0) is 0 Å². The van der Waals surface area contributed by atoms with Gasteiger partial charge in [-0.3, -0.25) is 19.6 Å². The highest BCUT2D eigenvalue weighted by molar-refractivity contribution is 6.00. The number of primary amides is 1. The zero-order valence-corrected chi connectivity index (χ0v) is 5.69. The lowest BCUT2D eigenvalue weighted by molar-refractivity contribution is -0.171. The van der Waals surface area contributed by atoms with Gasteiger partial charge in [-0.2, -0.15) is 5.06 Å². The van der Waals surface area contributed by atoms with Gasteiger partial charge in [0.25, 0.3) is 11.8 Å². The first-order valence-electron chi connectivity index (χ1n) is 2.83. The Balaban J connectivity index is 0.000000292. The second-order valence-corrected chi connectivity index (χ2v) is 1.74. The summed E-state index contributed by atoms with van der Waals surface area (Å²) in [5, 5.41) is 8.57. The molecule has 1 aliphatic rings. The van der Waals surface area contributed by atoms with Crippen molar-refractivity contribution in [2.24, 2.45) is 5.73 Å². The molecule has 0 radical (unpaired) electrons. The van der Waals surface area contributed by atoms with Crippen molar-refractivity contribution < 1.29 is 19.6 Å². The standard InChI is InChI=1S/C4H5NO3.CH3NO/c6-3-1-2-4(7)5(3)8;2-1-3/h8H,1-2H2;1H,(H2,2,3). The molecule has 0 unspecified atom stereocenters. The highest BCUT2D eigenvalue weighted by Gasteiger charge is 2.26. The molecular weight excluding hydrogens is 152 g/mol. The highest BCUT2D eigenvalue weighted by atomic mass is 16.5. The number of imide groups is 1. The Hall–Kier alpha value is -1.43. The first-order chi connectivity index (χ1) is 5.13. The van der Waals surface area contributed by atoms with Crippen LogP contribution in [0.1, 0.15) is 12.8 Å². The van der Waals surface area contributed by atoms with E-state index in [-0.39, 0.29) is 24.3 Å². The molecule has 0 saturated carbocycles.